The SMILES string of the molecule is C=C(C)C(=O)C(COC(C)=O)OCC.N=C=O. The average Bonchev–Trinajstić information content (AvgIpc) is 2.24. The van der Waals surface area contributed by atoms with E-state index in [2.05, 4.69) is 6.58 Å². The smallest absolute Gasteiger partial charge is 0.302 e. The normalized spacial score (nSPS) is 10.3. The van der Waals surface area contributed by atoms with Crippen LogP contribution in [0.5, 0.6) is 0 Å². The lowest BCUT2D eigenvalue weighted by Gasteiger charge is -2.15. The van der Waals surface area contributed by atoms with Crippen molar-refractivity contribution in [3.05, 3.63) is 12.2 Å². The number of Topliss-reactive ketones (excluding diaryl/α,β-unsaturated/α-hetero) is 1. The van der Waals surface area contributed by atoms with E-state index in [0.29, 0.717) is 12.2 Å². The molecule has 0 bridgehead atoms. The summed E-state index contributed by atoms with van der Waals surface area (Å²) in [5, 5.41) is 5.40. The molecule has 0 fully saturated rings. The summed E-state index contributed by atoms with van der Waals surface area (Å²) in [7, 11) is 0. The van der Waals surface area contributed by atoms with Gasteiger partial charge in [0.1, 0.15) is 6.61 Å². The first-order chi connectivity index (χ1) is 7.90. The summed E-state index contributed by atoms with van der Waals surface area (Å²) in [6, 6.07) is 0. The van der Waals surface area contributed by atoms with Crippen LogP contribution in [0.3, 0.4) is 0 Å². The number of rotatable bonds is 6. The van der Waals surface area contributed by atoms with Gasteiger partial charge in [-0.2, -0.15) is 0 Å². The highest BCUT2D eigenvalue weighted by atomic mass is 16.6. The van der Waals surface area contributed by atoms with E-state index in [9.17, 15) is 9.59 Å². The van der Waals surface area contributed by atoms with Crippen LogP contribution in [0.4, 0.5) is 0 Å². The lowest BCUT2D eigenvalue weighted by molar-refractivity contribution is -0.147. The van der Waals surface area contributed by atoms with E-state index >= 15 is 0 Å². The molecule has 6 heteroatoms. The minimum atomic E-state index is -0.721. The Labute approximate surface area is 100 Å². The number of nitrogens with one attached hydrogen (secondary N) is 1. The summed E-state index contributed by atoms with van der Waals surface area (Å²) in [6.45, 7) is 8.52. The van der Waals surface area contributed by atoms with Gasteiger partial charge in [-0.25, -0.2) is 10.2 Å². The van der Waals surface area contributed by atoms with Crippen LogP contribution < -0.4 is 0 Å². The van der Waals surface area contributed by atoms with Gasteiger partial charge < -0.3 is 9.47 Å². The second-order valence-corrected chi connectivity index (χ2v) is 2.99. The first-order valence-corrected chi connectivity index (χ1v) is 4.89. The van der Waals surface area contributed by atoms with Crippen molar-refractivity contribution in [3.8, 4) is 0 Å². The predicted octanol–water partition coefficient (Wildman–Crippen LogP) is 1.00. The van der Waals surface area contributed by atoms with Crippen LogP contribution in [0.1, 0.15) is 20.8 Å². The van der Waals surface area contributed by atoms with Crippen molar-refractivity contribution in [1.29, 1.82) is 5.41 Å². The second kappa shape index (κ2) is 10.7. The average molecular weight is 243 g/mol. The lowest BCUT2D eigenvalue weighted by atomic mass is 10.1. The van der Waals surface area contributed by atoms with Gasteiger partial charge in [-0.3, -0.25) is 9.59 Å². The zero-order valence-corrected chi connectivity index (χ0v) is 10.2. The topological polar surface area (TPSA) is 93.5 Å². The molecule has 1 unspecified atom stereocenters. The molecule has 0 aliphatic carbocycles. The van der Waals surface area contributed by atoms with Crippen molar-refractivity contribution in [1.82, 2.24) is 0 Å². The molecule has 0 radical (unpaired) electrons. The summed E-state index contributed by atoms with van der Waals surface area (Å²) in [6.07, 6.45) is 0.0291. The minimum Gasteiger partial charge on any atom is -0.463 e. The van der Waals surface area contributed by atoms with E-state index in [1.54, 1.807) is 13.8 Å². The quantitative estimate of drug-likeness (QED) is 0.325. The lowest BCUT2D eigenvalue weighted by Crippen LogP contribution is -2.30. The van der Waals surface area contributed by atoms with Crippen LogP contribution in [0.25, 0.3) is 0 Å². The molecule has 6 nitrogen and oxygen atoms in total. The molecule has 0 heterocycles. The molecule has 0 aromatic heterocycles. The van der Waals surface area contributed by atoms with Crippen molar-refractivity contribution in [2.75, 3.05) is 13.2 Å². The van der Waals surface area contributed by atoms with E-state index in [-0.39, 0.29) is 12.4 Å². The summed E-state index contributed by atoms with van der Waals surface area (Å²) in [5.74, 6) is -0.655. The van der Waals surface area contributed by atoms with Crippen molar-refractivity contribution in [3.63, 3.8) is 0 Å². The maximum absolute atomic E-state index is 11.4. The van der Waals surface area contributed by atoms with Gasteiger partial charge in [-0.15, -0.1) is 0 Å². The van der Waals surface area contributed by atoms with Gasteiger partial charge in [-0.05, 0) is 19.4 Å². The zero-order valence-electron chi connectivity index (χ0n) is 10.2. The first kappa shape index (κ1) is 17.6. The second-order valence-electron chi connectivity index (χ2n) is 2.99. The number of carbonyl (C=O) groups excluding carboxylic acids is 3. The Balaban J connectivity index is 0. The molecule has 0 amide bonds. The molecule has 0 aromatic carbocycles. The monoisotopic (exact) mass is 243 g/mol. The van der Waals surface area contributed by atoms with E-state index < -0.39 is 12.1 Å². The molecule has 0 spiro atoms. The molecular weight excluding hydrogens is 226 g/mol. The molecule has 0 saturated heterocycles. The molecule has 17 heavy (non-hydrogen) atoms. The Morgan fingerprint density at radius 1 is 1.41 bits per heavy atom. The van der Waals surface area contributed by atoms with Crippen LogP contribution in [0.2, 0.25) is 0 Å². The Morgan fingerprint density at radius 2 is 1.88 bits per heavy atom. The van der Waals surface area contributed by atoms with Gasteiger partial charge in [-0.1, -0.05) is 6.58 Å². The maximum atomic E-state index is 11.4. The number of hydrogen-bond acceptors (Lipinski definition) is 6. The Bertz CT molecular complexity index is 305. The molecular formula is C11H17NO5. The van der Waals surface area contributed by atoms with Gasteiger partial charge in [0, 0.05) is 13.5 Å². The molecule has 1 atom stereocenters. The number of ether oxygens (including phenoxy) is 2. The fourth-order valence-corrected chi connectivity index (χ4v) is 0.869. The highest BCUT2D eigenvalue weighted by molar-refractivity contribution is 5.97. The van der Waals surface area contributed by atoms with Crippen LogP contribution in [0.15, 0.2) is 12.2 Å². The number of esters is 1. The third-order valence-electron chi connectivity index (χ3n) is 1.52. The van der Waals surface area contributed by atoms with Crippen molar-refractivity contribution in [2.24, 2.45) is 0 Å². The third-order valence-corrected chi connectivity index (χ3v) is 1.52. The fourth-order valence-electron chi connectivity index (χ4n) is 0.869. The van der Waals surface area contributed by atoms with Crippen molar-refractivity contribution >= 4 is 17.8 Å². The van der Waals surface area contributed by atoms with Gasteiger partial charge in [0.2, 0.25) is 6.08 Å². The number of ketones is 1. The standard InChI is InChI=1S/C10H16O4.CHNO/c1-5-13-9(6-14-8(4)11)10(12)7(2)3;2-1-3/h9H,2,5-6H2,1,3-4H3;2H. The Hall–Kier alpha value is -1.78. The molecule has 0 aliphatic rings. The molecule has 0 aliphatic heterocycles. The van der Waals surface area contributed by atoms with Gasteiger partial charge in [0.05, 0.1) is 0 Å². The third kappa shape index (κ3) is 10.5. The molecule has 0 saturated carbocycles. The predicted molar refractivity (Wildman–Crippen MR) is 60.3 cm³/mol. The summed E-state index contributed by atoms with van der Waals surface area (Å²) in [4.78, 5) is 30.3. The highest BCUT2D eigenvalue weighted by Crippen LogP contribution is 2.02. The largest absolute Gasteiger partial charge is 0.463 e. The van der Waals surface area contributed by atoms with Gasteiger partial charge >= 0.3 is 5.97 Å². The van der Waals surface area contributed by atoms with Crippen LogP contribution >= 0.6 is 0 Å². The summed E-state index contributed by atoms with van der Waals surface area (Å²) < 4.78 is 9.83. The number of isocyanates is 1. The van der Waals surface area contributed by atoms with Crippen molar-refractivity contribution < 1.29 is 23.9 Å². The van der Waals surface area contributed by atoms with Crippen LogP contribution in [-0.4, -0.2) is 37.2 Å². The van der Waals surface area contributed by atoms with Gasteiger partial charge in [0.15, 0.2) is 11.9 Å². The van der Waals surface area contributed by atoms with E-state index in [4.69, 9.17) is 19.7 Å². The number of carbonyl (C=O) groups is 2. The first-order valence-electron chi connectivity index (χ1n) is 4.89. The van der Waals surface area contributed by atoms with Crippen molar-refractivity contribution in [2.45, 2.75) is 26.9 Å². The van der Waals surface area contributed by atoms with E-state index in [1.165, 1.54) is 6.92 Å². The molecule has 1 N–H and O–H groups in total. The van der Waals surface area contributed by atoms with E-state index in [1.807, 2.05) is 0 Å². The zero-order chi connectivity index (χ0) is 13.8. The highest BCUT2D eigenvalue weighted by Gasteiger charge is 2.20. The molecule has 96 valence electrons. The van der Waals surface area contributed by atoms with Crippen LogP contribution in [0, 0.1) is 5.41 Å². The molecule has 0 rings (SSSR count). The molecule has 0 aromatic rings. The van der Waals surface area contributed by atoms with E-state index in [0.717, 1.165) is 6.08 Å². The summed E-state index contributed by atoms with van der Waals surface area (Å²) in [5.41, 5.74) is 0.399. The van der Waals surface area contributed by atoms with Crippen LogP contribution in [-0.2, 0) is 23.9 Å². The Morgan fingerprint density at radius 3 is 2.18 bits per heavy atom. The fraction of sp³-hybridized carbons (Fsp3) is 0.545. The Kier molecular flexibility index (Phi) is 11.1. The minimum absolute atomic E-state index is 0.0468. The maximum Gasteiger partial charge on any atom is 0.302 e. The van der Waals surface area contributed by atoms with Gasteiger partial charge in [0.25, 0.3) is 0 Å². The summed E-state index contributed by atoms with van der Waals surface area (Å²) >= 11 is 0. The number of hydrogen-bond donors (Lipinski definition) is 1.